The number of nitrogens with one attached hydrogen (secondary N) is 1. The lowest BCUT2D eigenvalue weighted by atomic mass is 10.1. The van der Waals surface area contributed by atoms with E-state index in [0.717, 1.165) is 5.56 Å². The number of benzene rings is 2. The highest BCUT2D eigenvalue weighted by Gasteiger charge is 2.25. The fourth-order valence-corrected chi connectivity index (χ4v) is 3.10. The summed E-state index contributed by atoms with van der Waals surface area (Å²) in [6, 6.07) is 10.4. The van der Waals surface area contributed by atoms with Gasteiger partial charge in [0.25, 0.3) is 5.91 Å². The zero-order valence-corrected chi connectivity index (χ0v) is 18.4. The largest absolute Gasteiger partial charge is 0.502 e. The van der Waals surface area contributed by atoms with E-state index in [-0.39, 0.29) is 34.6 Å². The predicted octanol–water partition coefficient (Wildman–Crippen LogP) is 1.69. The molecule has 4 N–H and O–H groups in total. The van der Waals surface area contributed by atoms with Crippen LogP contribution >= 0.6 is 0 Å². The Balaban J connectivity index is 1.66. The summed E-state index contributed by atoms with van der Waals surface area (Å²) in [5, 5.41) is 29.3. The number of hydrogen-bond acceptors (Lipinski definition) is 11. The molecule has 174 valence electrons. The molecule has 34 heavy (non-hydrogen) atoms. The van der Waals surface area contributed by atoms with E-state index >= 15 is 0 Å². The normalized spacial score (nSPS) is 11.0. The average molecular weight is 464 g/mol. The maximum absolute atomic E-state index is 12.9. The van der Waals surface area contributed by atoms with E-state index in [1.54, 1.807) is 0 Å². The Morgan fingerprint density at radius 2 is 1.85 bits per heavy atom. The lowest BCUT2D eigenvalue weighted by molar-refractivity contribution is 0.0950. The molecule has 0 aliphatic rings. The summed E-state index contributed by atoms with van der Waals surface area (Å²) in [4.78, 5) is 12.9. The summed E-state index contributed by atoms with van der Waals surface area (Å²) in [7, 11) is 2.81. The number of aromatic nitrogens is 5. The number of amides is 1. The maximum Gasteiger partial charge on any atom is 0.294 e. The monoisotopic (exact) mass is 464 g/mol. The predicted molar refractivity (Wildman–Crippen MR) is 120 cm³/mol. The zero-order chi connectivity index (χ0) is 24.2. The highest BCUT2D eigenvalue weighted by atomic mass is 16.6. The van der Waals surface area contributed by atoms with Crippen molar-refractivity contribution in [3.63, 3.8) is 0 Å². The minimum absolute atomic E-state index is 0.0153. The third-order valence-electron chi connectivity index (χ3n) is 4.79. The van der Waals surface area contributed by atoms with Crippen molar-refractivity contribution in [2.75, 3.05) is 20.0 Å². The first-order valence-electron chi connectivity index (χ1n) is 9.82. The molecule has 0 radical (unpaired) electrons. The van der Waals surface area contributed by atoms with Crippen LogP contribution in [0.5, 0.6) is 17.2 Å². The summed E-state index contributed by atoms with van der Waals surface area (Å²) in [6.07, 6.45) is 1.36. The van der Waals surface area contributed by atoms with Gasteiger partial charge < -0.3 is 20.3 Å². The Labute approximate surface area is 192 Å². The number of aromatic hydroxyl groups is 1. The molecular formula is C21H20N8O5. The molecule has 0 bridgehead atoms. The second-order valence-corrected chi connectivity index (χ2v) is 7.01. The first-order valence-corrected chi connectivity index (χ1v) is 9.82. The van der Waals surface area contributed by atoms with E-state index in [1.807, 2.05) is 31.2 Å². The minimum Gasteiger partial charge on any atom is -0.502 e. The van der Waals surface area contributed by atoms with E-state index in [2.05, 4.69) is 35.8 Å². The first-order chi connectivity index (χ1) is 16.4. The minimum atomic E-state index is -0.634. The van der Waals surface area contributed by atoms with Crippen molar-refractivity contribution < 1.29 is 24.0 Å². The number of hydrazone groups is 1. The van der Waals surface area contributed by atoms with Crippen LogP contribution in [0.2, 0.25) is 0 Å². The average Bonchev–Trinajstić information content (AvgIpc) is 3.46. The van der Waals surface area contributed by atoms with Gasteiger partial charge in [0.15, 0.2) is 17.2 Å². The second kappa shape index (κ2) is 9.28. The van der Waals surface area contributed by atoms with Gasteiger partial charge in [0.05, 0.1) is 20.4 Å². The lowest BCUT2D eigenvalue weighted by Gasteiger charge is -2.09. The number of rotatable bonds is 7. The fourth-order valence-electron chi connectivity index (χ4n) is 3.10. The number of methoxy groups -OCH3 is 2. The van der Waals surface area contributed by atoms with Crippen molar-refractivity contribution >= 4 is 17.9 Å². The molecule has 2 aromatic heterocycles. The van der Waals surface area contributed by atoms with Crippen molar-refractivity contribution in [1.29, 1.82) is 0 Å². The van der Waals surface area contributed by atoms with E-state index < -0.39 is 5.91 Å². The molecule has 1 amide bonds. The summed E-state index contributed by atoms with van der Waals surface area (Å²) in [5.41, 5.74) is 10.7. The van der Waals surface area contributed by atoms with Crippen LogP contribution in [-0.2, 0) is 0 Å². The van der Waals surface area contributed by atoms with Crippen LogP contribution in [0.3, 0.4) is 0 Å². The molecule has 4 rings (SSSR count). The van der Waals surface area contributed by atoms with Crippen LogP contribution in [0.15, 0.2) is 46.1 Å². The Hall–Kier alpha value is -4.94. The molecule has 2 aromatic carbocycles. The molecule has 0 fully saturated rings. The molecule has 0 spiro atoms. The lowest BCUT2D eigenvalue weighted by Crippen LogP contribution is -2.19. The fraction of sp³-hybridized carbons (Fsp3) is 0.143. The van der Waals surface area contributed by atoms with Crippen LogP contribution < -0.4 is 20.6 Å². The molecule has 0 atom stereocenters. The highest BCUT2D eigenvalue weighted by Crippen LogP contribution is 2.36. The third kappa shape index (κ3) is 4.21. The number of aryl methyl sites for hydroxylation is 1. The van der Waals surface area contributed by atoms with Crippen LogP contribution in [0.25, 0.3) is 17.1 Å². The molecule has 0 aliphatic heterocycles. The van der Waals surface area contributed by atoms with E-state index in [0.29, 0.717) is 16.8 Å². The van der Waals surface area contributed by atoms with Crippen molar-refractivity contribution in [1.82, 2.24) is 30.7 Å². The van der Waals surface area contributed by atoms with Crippen molar-refractivity contribution in [2.45, 2.75) is 6.92 Å². The van der Waals surface area contributed by atoms with E-state index in [1.165, 1.54) is 37.2 Å². The van der Waals surface area contributed by atoms with Gasteiger partial charge in [-0.3, -0.25) is 4.79 Å². The van der Waals surface area contributed by atoms with Crippen LogP contribution in [-0.4, -0.2) is 56.8 Å². The Morgan fingerprint density at radius 3 is 2.44 bits per heavy atom. The number of hydrogen-bond donors (Lipinski definition) is 3. The Morgan fingerprint density at radius 1 is 1.18 bits per heavy atom. The molecule has 0 saturated heterocycles. The summed E-state index contributed by atoms with van der Waals surface area (Å²) in [5.74, 6) is -0.323. The molecule has 13 heteroatoms. The van der Waals surface area contributed by atoms with Gasteiger partial charge in [0.1, 0.15) is 5.69 Å². The first kappa shape index (κ1) is 22.3. The van der Waals surface area contributed by atoms with E-state index in [4.69, 9.17) is 15.2 Å². The van der Waals surface area contributed by atoms with Crippen LogP contribution in [0.1, 0.15) is 21.6 Å². The Bertz CT molecular complexity index is 1330. The number of carbonyl (C=O) groups excluding carboxylic acids is 1. The summed E-state index contributed by atoms with van der Waals surface area (Å²) < 4.78 is 16.2. The number of anilines is 1. The van der Waals surface area contributed by atoms with Gasteiger partial charge in [-0.15, -0.1) is 5.10 Å². The molecular weight excluding hydrogens is 444 g/mol. The quantitative estimate of drug-likeness (QED) is 0.269. The van der Waals surface area contributed by atoms with Gasteiger partial charge in [0, 0.05) is 11.1 Å². The standard InChI is InChI=1S/C21H20N8O5/c1-11-4-6-13(7-5-11)17-16(24-28-29(17)20-19(22)26-34-27-20)21(31)25-23-10-12-8-14(32-2)18(30)15(9-12)33-3/h4-10,30H,1-3H3,(H2,22,26)(H,25,31)/b23-10+. The smallest absolute Gasteiger partial charge is 0.294 e. The van der Waals surface area contributed by atoms with Gasteiger partial charge in [-0.2, -0.15) is 9.78 Å². The molecule has 0 aliphatic carbocycles. The summed E-state index contributed by atoms with van der Waals surface area (Å²) >= 11 is 0. The maximum atomic E-state index is 12.9. The second-order valence-electron chi connectivity index (χ2n) is 7.01. The third-order valence-corrected chi connectivity index (χ3v) is 4.79. The number of nitrogens with zero attached hydrogens (tertiary/aromatic N) is 6. The van der Waals surface area contributed by atoms with Crippen molar-refractivity contribution in [2.24, 2.45) is 5.10 Å². The number of ether oxygens (including phenoxy) is 2. The van der Waals surface area contributed by atoms with Gasteiger partial charge in [-0.25, -0.2) is 10.1 Å². The van der Waals surface area contributed by atoms with Crippen LogP contribution in [0, 0.1) is 6.92 Å². The topological polar surface area (TPSA) is 176 Å². The van der Waals surface area contributed by atoms with Crippen LogP contribution in [0.4, 0.5) is 5.82 Å². The highest BCUT2D eigenvalue weighted by molar-refractivity contribution is 5.99. The number of phenols is 1. The molecule has 2 heterocycles. The van der Waals surface area contributed by atoms with E-state index in [9.17, 15) is 9.90 Å². The molecule has 0 unspecified atom stereocenters. The molecule has 0 saturated carbocycles. The molecule has 4 aromatic rings. The SMILES string of the molecule is COc1cc(/C=N/NC(=O)c2nnn(-c3nonc3N)c2-c2ccc(C)cc2)cc(OC)c1O. The summed E-state index contributed by atoms with van der Waals surface area (Å²) in [6.45, 7) is 1.94. The van der Waals surface area contributed by atoms with Crippen molar-refractivity contribution in [3.8, 4) is 34.3 Å². The van der Waals surface area contributed by atoms with Gasteiger partial charge in [-0.05, 0) is 29.4 Å². The number of carbonyl (C=O) groups is 1. The number of phenolic OH excluding ortho intramolecular Hbond substituents is 1. The zero-order valence-electron chi connectivity index (χ0n) is 18.4. The van der Waals surface area contributed by atoms with Gasteiger partial charge in [-0.1, -0.05) is 35.0 Å². The Kier molecular flexibility index (Phi) is 6.07. The van der Waals surface area contributed by atoms with Gasteiger partial charge in [0.2, 0.25) is 17.4 Å². The van der Waals surface area contributed by atoms with Crippen molar-refractivity contribution in [3.05, 3.63) is 53.2 Å². The molecule has 13 nitrogen and oxygen atoms in total. The van der Waals surface area contributed by atoms with Gasteiger partial charge >= 0.3 is 0 Å². The number of nitrogens with two attached hydrogens (primary N) is 1. The number of nitrogen functional groups attached to an aromatic ring is 1.